The number of benzene rings is 1. The molecule has 0 aromatic heterocycles. The van der Waals surface area contributed by atoms with Crippen LogP contribution in [0.3, 0.4) is 0 Å². The van der Waals surface area contributed by atoms with Gasteiger partial charge in [-0.3, -0.25) is 0 Å². The molecule has 0 radical (unpaired) electrons. The molecule has 14 heavy (non-hydrogen) atoms. The van der Waals surface area contributed by atoms with Gasteiger partial charge in [-0.2, -0.15) is 4.18 Å². The third kappa shape index (κ3) is 5.11. The van der Waals surface area contributed by atoms with Crippen molar-refractivity contribution in [2.75, 3.05) is 0 Å². The number of halogens is 3. The van der Waals surface area contributed by atoms with Gasteiger partial charge in [-0.15, -0.1) is 13.2 Å². The molecule has 0 aliphatic carbocycles. The summed E-state index contributed by atoms with van der Waals surface area (Å²) in [6, 6.07) is 7.15. The summed E-state index contributed by atoms with van der Waals surface area (Å²) in [5.41, 5.74) is 0. The summed E-state index contributed by atoms with van der Waals surface area (Å²) in [5.74, 6) is 0. The molecule has 1 aromatic carbocycles. The molecule has 0 saturated carbocycles. The van der Waals surface area contributed by atoms with Crippen molar-refractivity contribution in [3.63, 3.8) is 0 Å². The fourth-order valence-electron chi connectivity index (χ4n) is 0.666. The van der Waals surface area contributed by atoms with Crippen LogP contribution in [0.5, 0.6) is 0 Å². The standard InChI is InChI=1S/C7H5F3O2S.Na.H/c8-7(9,10)12-13(11)6-4-2-1-3-5-6;;/h1-5H;;. The van der Waals surface area contributed by atoms with Crippen LogP contribution >= 0.6 is 0 Å². The number of rotatable bonds is 2. The predicted molar refractivity (Wildman–Crippen MR) is 47.1 cm³/mol. The van der Waals surface area contributed by atoms with Crippen LogP contribution in [0.2, 0.25) is 0 Å². The van der Waals surface area contributed by atoms with Crippen molar-refractivity contribution in [2.45, 2.75) is 11.3 Å². The molecule has 0 spiro atoms. The van der Waals surface area contributed by atoms with Crippen LogP contribution in [-0.4, -0.2) is 40.1 Å². The number of alkyl halides is 3. The maximum absolute atomic E-state index is 11.6. The van der Waals surface area contributed by atoms with E-state index in [-0.39, 0.29) is 34.5 Å². The molecule has 74 valence electrons. The quantitative estimate of drug-likeness (QED) is 0.726. The molecule has 1 rings (SSSR count). The van der Waals surface area contributed by atoms with Crippen LogP contribution < -0.4 is 0 Å². The summed E-state index contributed by atoms with van der Waals surface area (Å²) in [7, 11) is 0. The zero-order valence-electron chi connectivity index (χ0n) is 6.25. The van der Waals surface area contributed by atoms with Crippen LogP contribution in [0.25, 0.3) is 0 Å². The Morgan fingerprint density at radius 3 is 2.07 bits per heavy atom. The van der Waals surface area contributed by atoms with Crippen LogP contribution in [0.4, 0.5) is 13.2 Å². The Morgan fingerprint density at radius 1 is 1.14 bits per heavy atom. The van der Waals surface area contributed by atoms with E-state index in [1.165, 1.54) is 24.3 Å². The molecular formula is C7H6F3NaO2S. The van der Waals surface area contributed by atoms with Crippen molar-refractivity contribution in [2.24, 2.45) is 0 Å². The van der Waals surface area contributed by atoms with E-state index in [9.17, 15) is 17.4 Å². The fourth-order valence-corrected chi connectivity index (χ4v) is 1.31. The van der Waals surface area contributed by atoms with Crippen LogP contribution in [0.1, 0.15) is 0 Å². The molecule has 1 unspecified atom stereocenters. The molecule has 0 aliphatic heterocycles. The summed E-state index contributed by atoms with van der Waals surface area (Å²) >= 11 is -2.48. The SMILES string of the molecule is O=S(OC(F)(F)F)c1ccccc1.[NaH]. The molecular weight excluding hydrogens is 228 g/mol. The topological polar surface area (TPSA) is 26.3 Å². The fraction of sp³-hybridized carbons (Fsp3) is 0.143. The summed E-state index contributed by atoms with van der Waals surface area (Å²) in [6.45, 7) is 0. The third-order valence-electron chi connectivity index (χ3n) is 1.11. The van der Waals surface area contributed by atoms with Crippen LogP contribution in [0.15, 0.2) is 35.2 Å². The second-order valence-electron chi connectivity index (χ2n) is 2.08. The monoisotopic (exact) mass is 234 g/mol. The third-order valence-corrected chi connectivity index (χ3v) is 2.10. The average molecular weight is 234 g/mol. The molecule has 0 aliphatic rings. The molecule has 0 bridgehead atoms. The molecule has 1 aromatic rings. The van der Waals surface area contributed by atoms with Gasteiger partial charge in [-0.1, -0.05) is 18.2 Å². The van der Waals surface area contributed by atoms with Crippen LogP contribution in [0, 0.1) is 0 Å². The zero-order valence-corrected chi connectivity index (χ0v) is 7.06. The van der Waals surface area contributed by atoms with Crippen molar-refractivity contribution >= 4 is 40.6 Å². The first-order valence-corrected chi connectivity index (χ1v) is 4.29. The van der Waals surface area contributed by atoms with E-state index in [4.69, 9.17) is 0 Å². The van der Waals surface area contributed by atoms with Gasteiger partial charge in [0.1, 0.15) is 0 Å². The van der Waals surface area contributed by atoms with Crippen LogP contribution in [-0.2, 0) is 15.3 Å². The molecule has 0 N–H and O–H groups in total. The van der Waals surface area contributed by atoms with E-state index in [2.05, 4.69) is 4.18 Å². The van der Waals surface area contributed by atoms with E-state index < -0.39 is 17.4 Å². The van der Waals surface area contributed by atoms with Crippen molar-refractivity contribution in [3.8, 4) is 0 Å². The van der Waals surface area contributed by atoms with Crippen molar-refractivity contribution < 1.29 is 21.6 Å². The molecule has 7 heteroatoms. The molecule has 0 amide bonds. The molecule has 1 atom stereocenters. The Morgan fingerprint density at radius 2 is 1.64 bits per heavy atom. The Hall–Kier alpha value is 0.120. The molecule has 0 saturated heterocycles. The van der Waals surface area contributed by atoms with Gasteiger partial charge in [0.05, 0.1) is 4.90 Å². The molecule has 0 heterocycles. The summed E-state index contributed by atoms with van der Waals surface area (Å²) in [4.78, 5) is -0.0141. The first-order valence-electron chi connectivity index (χ1n) is 3.22. The Labute approximate surface area is 103 Å². The first kappa shape index (κ1) is 14.1. The van der Waals surface area contributed by atoms with Gasteiger partial charge in [0.2, 0.25) is 0 Å². The van der Waals surface area contributed by atoms with Gasteiger partial charge in [0.25, 0.3) is 0 Å². The predicted octanol–water partition coefficient (Wildman–Crippen LogP) is 1.60. The Kier molecular flexibility index (Phi) is 5.92. The first-order chi connectivity index (χ1) is 5.99. The number of hydrogen-bond donors (Lipinski definition) is 0. The minimum absolute atomic E-state index is 0. The second kappa shape index (κ2) is 5.87. The van der Waals surface area contributed by atoms with Gasteiger partial charge < -0.3 is 0 Å². The van der Waals surface area contributed by atoms with Gasteiger partial charge in [-0.25, -0.2) is 4.21 Å². The maximum atomic E-state index is 11.6. The van der Waals surface area contributed by atoms with Gasteiger partial charge >= 0.3 is 35.9 Å². The van der Waals surface area contributed by atoms with Crippen molar-refractivity contribution in [1.82, 2.24) is 0 Å². The second-order valence-corrected chi connectivity index (χ2v) is 3.18. The Balaban J connectivity index is 0.00000169. The summed E-state index contributed by atoms with van der Waals surface area (Å²) < 4.78 is 48.9. The van der Waals surface area contributed by atoms with E-state index >= 15 is 0 Å². The minimum atomic E-state index is -4.87. The van der Waals surface area contributed by atoms with Crippen molar-refractivity contribution in [3.05, 3.63) is 30.3 Å². The Bertz CT molecular complexity index is 302. The van der Waals surface area contributed by atoms with Gasteiger partial charge in [-0.05, 0) is 12.1 Å². The molecule has 0 fully saturated rings. The van der Waals surface area contributed by atoms with E-state index in [1.54, 1.807) is 6.07 Å². The average Bonchev–Trinajstić information content (AvgIpc) is 2.03. The van der Waals surface area contributed by atoms with E-state index in [1.807, 2.05) is 0 Å². The molecule has 2 nitrogen and oxygen atoms in total. The summed E-state index contributed by atoms with van der Waals surface area (Å²) in [6.07, 6.45) is -4.87. The van der Waals surface area contributed by atoms with E-state index in [0.29, 0.717) is 0 Å². The normalized spacial score (nSPS) is 13.1. The van der Waals surface area contributed by atoms with E-state index in [0.717, 1.165) is 0 Å². The van der Waals surface area contributed by atoms with Gasteiger partial charge in [0, 0.05) is 0 Å². The van der Waals surface area contributed by atoms with Gasteiger partial charge in [0.15, 0.2) is 11.1 Å². The number of hydrogen-bond acceptors (Lipinski definition) is 2. The van der Waals surface area contributed by atoms with Crippen molar-refractivity contribution in [1.29, 1.82) is 0 Å². The summed E-state index contributed by atoms with van der Waals surface area (Å²) in [5, 5.41) is 0. The zero-order chi connectivity index (χ0) is 9.90.